The van der Waals surface area contributed by atoms with Crippen LogP contribution in [0, 0.1) is 23.2 Å². The van der Waals surface area contributed by atoms with Gasteiger partial charge in [0.15, 0.2) is 9.84 Å². The lowest BCUT2D eigenvalue weighted by Gasteiger charge is -2.57. The van der Waals surface area contributed by atoms with Crippen LogP contribution in [0.2, 0.25) is 0 Å². The van der Waals surface area contributed by atoms with Gasteiger partial charge in [-0.25, -0.2) is 13.2 Å². The summed E-state index contributed by atoms with van der Waals surface area (Å²) in [5.74, 6) is 2.93. The van der Waals surface area contributed by atoms with E-state index in [0.717, 1.165) is 30.7 Å². The highest BCUT2D eigenvalue weighted by Crippen LogP contribution is 2.61. The van der Waals surface area contributed by atoms with Crippen molar-refractivity contribution in [1.82, 2.24) is 10.2 Å². The molecule has 6 heteroatoms. The van der Waals surface area contributed by atoms with Crippen LogP contribution in [-0.2, 0) is 9.84 Å². The molecular formula is C18H30N2O3S. The number of nitrogens with one attached hydrogen (secondary N) is 1. The van der Waals surface area contributed by atoms with E-state index in [9.17, 15) is 13.2 Å². The Balaban J connectivity index is 1.28. The van der Waals surface area contributed by atoms with Crippen molar-refractivity contribution in [3.8, 4) is 0 Å². The Morgan fingerprint density at radius 2 is 1.71 bits per heavy atom. The molecule has 1 N–H and O–H groups in total. The molecule has 1 atom stereocenters. The summed E-state index contributed by atoms with van der Waals surface area (Å²) in [4.78, 5) is 14.0. The van der Waals surface area contributed by atoms with E-state index in [1.807, 2.05) is 0 Å². The fraction of sp³-hybridized carbons (Fsp3) is 0.944. The van der Waals surface area contributed by atoms with Gasteiger partial charge < -0.3 is 10.2 Å². The lowest BCUT2D eigenvalue weighted by atomic mass is 9.49. The molecule has 2 amide bonds. The number of carbonyl (C=O) groups is 1. The minimum absolute atomic E-state index is 0.0820. The molecule has 1 saturated heterocycles. The maximum atomic E-state index is 12.4. The third kappa shape index (κ3) is 3.06. The molecule has 1 unspecified atom stereocenters. The van der Waals surface area contributed by atoms with Crippen LogP contribution in [0.15, 0.2) is 0 Å². The van der Waals surface area contributed by atoms with Crippen LogP contribution in [0.25, 0.3) is 0 Å². The van der Waals surface area contributed by atoms with Crippen LogP contribution in [-0.4, -0.2) is 50.0 Å². The van der Waals surface area contributed by atoms with Crippen LogP contribution < -0.4 is 5.32 Å². The zero-order valence-corrected chi connectivity index (χ0v) is 15.5. The molecule has 136 valence electrons. The summed E-state index contributed by atoms with van der Waals surface area (Å²) in [6, 6.07) is -0.0820. The molecule has 1 aliphatic heterocycles. The molecule has 4 bridgehead atoms. The SMILES string of the molecule is CC1CN(C(=O)NCCC23CC4CC(CC(C4)C2)C3)CCS1(=O)=O. The van der Waals surface area contributed by atoms with Gasteiger partial charge in [0, 0.05) is 19.6 Å². The second kappa shape index (κ2) is 5.89. The summed E-state index contributed by atoms with van der Waals surface area (Å²) < 4.78 is 23.5. The zero-order valence-electron chi connectivity index (χ0n) is 14.7. The topological polar surface area (TPSA) is 66.5 Å². The van der Waals surface area contributed by atoms with Gasteiger partial charge in [0.05, 0.1) is 11.0 Å². The van der Waals surface area contributed by atoms with Gasteiger partial charge in [-0.05, 0) is 75.0 Å². The first-order valence-corrected chi connectivity index (χ1v) is 11.3. The molecule has 1 heterocycles. The van der Waals surface area contributed by atoms with Gasteiger partial charge in [0.1, 0.15) is 0 Å². The van der Waals surface area contributed by atoms with Gasteiger partial charge in [0.25, 0.3) is 0 Å². The highest BCUT2D eigenvalue weighted by atomic mass is 32.2. The van der Waals surface area contributed by atoms with Gasteiger partial charge in [-0.1, -0.05) is 0 Å². The Kier molecular flexibility index (Phi) is 4.09. The third-order valence-corrected chi connectivity index (χ3v) is 9.25. The minimum atomic E-state index is -3.00. The van der Waals surface area contributed by atoms with Crippen molar-refractivity contribution in [3.63, 3.8) is 0 Å². The molecule has 0 spiro atoms. The fourth-order valence-electron chi connectivity index (χ4n) is 6.28. The average molecular weight is 355 g/mol. The molecule has 24 heavy (non-hydrogen) atoms. The number of hydrogen-bond acceptors (Lipinski definition) is 3. The molecule has 4 aliphatic carbocycles. The van der Waals surface area contributed by atoms with Gasteiger partial charge in [-0.2, -0.15) is 0 Å². The predicted molar refractivity (Wildman–Crippen MR) is 93.4 cm³/mol. The summed E-state index contributed by atoms with van der Waals surface area (Å²) in [5, 5.41) is 2.62. The molecule has 0 radical (unpaired) electrons. The molecule has 0 aromatic carbocycles. The van der Waals surface area contributed by atoms with E-state index in [1.165, 1.54) is 38.5 Å². The number of nitrogens with zero attached hydrogens (tertiary/aromatic N) is 1. The maximum absolute atomic E-state index is 12.4. The fourth-order valence-corrected chi connectivity index (χ4v) is 7.57. The van der Waals surface area contributed by atoms with E-state index in [4.69, 9.17) is 0 Å². The zero-order chi connectivity index (χ0) is 16.9. The Bertz CT molecular complexity index is 580. The van der Waals surface area contributed by atoms with Crippen LogP contribution in [0.5, 0.6) is 0 Å². The van der Waals surface area contributed by atoms with Crippen molar-refractivity contribution >= 4 is 15.9 Å². The first kappa shape index (κ1) is 16.7. The smallest absolute Gasteiger partial charge is 0.317 e. The predicted octanol–water partition coefficient (Wildman–Crippen LogP) is 2.42. The molecular weight excluding hydrogens is 324 g/mol. The number of hydrogen-bond donors (Lipinski definition) is 1. The molecule has 0 aromatic heterocycles. The van der Waals surface area contributed by atoms with Crippen LogP contribution in [0.3, 0.4) is 0 Å². The standard InChI is InChI=1S/C18H30N2O3S/c1-13-12-20(4-5-24(13,22)23)17(21)19-3-2-18-9-14-6-15(10-18)8-16(7-14)11-18/h13-16H,2-12H2,1H3,(H,19,21). The van der Waals surface area contributed by atoms with Gasteiger partial charge in [-0.3, -0.25) is 0 Å². The Morgan fingerprint density at radius 3 is 2.25 bits per heavy atom. The first-order chi connectivity index (χ1) is 11.4. The molecule has 4 saturated carbocycles. The highest BCUT2D eigenvalue weighted by Gasteiger charge is 2.50. The van der Waals surface area contributed by atoms with Crippen LogP contribution in [0.4, 0.5) is 4.79 Å². The van der Waals surface area contributed by atoms with E-state index in [0.29, 0.717) is 18.5 Å². The van der Waals surface area contributed by atoms with Gasteiger partial charge >= 0.3 is 6.03 Å². The summed E-state index contributed by atoms with van der Waals surface area (Å²) in [6.45, 7) is 3.09. The number of rotatable bonds is 3. The van der Waals surface area contributed by atoms with Crippen molar-refractivity contribution in [3.05, 3.63) is 0 Å². The molecule has 0 aromatic rings. The monoisotopic (exact) mass is 354 g/mol. The maximum Gasteiger partial charge on any atom is 0.317 e. The van der Waals surface area contributed by atoms with Gasteiger partial charge in [0.2, 0.25) is 0 Å². The van der Waals surface area contributed by atoms with E-state index in [-0.39, 0.29) is 11.8 Å². The lowest BCUT2D eigenvalue weighted by molar-refractivity contribution is -0.0564. The number of carbonyl (C=O) groups excluding carboxylic acids is 1. The van der Waals surface area contributed by atoms with E-state index in [2.05, 4.69) is 5.32 Å². The first-order valence-electron chi connectivity index (χ1n) is 9.60. The second-order valence-electron chi connectivity index (χ2n) is 9.02. The normalized spacial score (nSPS) is 43.0. The number of amides is 2. The van der Waals surface area contributed by atoms with Crippen molar-refractivity contribution in [1.29, 1.82) is 0 Å². The second-order valence-corrected chi connectivity index (χ2v) is 11.6. The number of sulfone groups is 1. The summed E-state index contributed by atoms with van der Waals surface area (Å²) in [6.07, 6.45) is 9.56. The average Bonchev–Trinajstić information content (AvgIpc) is 2.48. The quantitative estimate of drug-likeness (QED) is 0.846. The molecule has 5 nitrogen and oxygen atoms in total. The highest BCUT2D eigenvalue weighted by molar-refractivity contribution is 7.92. The summed E-state index contributed by atoms with van der Waals surface area (Å²) >= 11 is 0. The Labute approximate surface area is 145 Å². The lowest BCUT2D eigenvalue weighted by Crippen LogP contribution is -2.52. The van der Waals surface area contributed by atoms with Gasteiger partial charge in [-0.15, -0.1) is 0 Å². The van der Waals surface area contributed by atoms with Crippen molar-refractivity contribution < 1.29 is 13.2 Å². The molecule has 5 rings (SSSR count). The summed E-state index contributed by atoms with van der Waals surface area (Å²) in [7, 11) is -3.00. The third-order valence-electron chi connectivity index (χ3n) is 7.12. The number of urea groups is 1. The Hall–Kier alpha value is -0.780. The van der Waals surface area contributed by atoms with Crippen molar-refractivity contribution in [2.24, 2.45) is 23.2 Å². The largest absolute Gasteiger partial charge is 0.338 e. The van der Waals surface area contributed by atoms with Crippen LogP contribution in [0.1, 0.15) is 51.9 Å². The van der Waals surface area contributed by atoms with Crippen LogP contribution >= 0.6 is 0 Å². The van der Waals surface area contributed by atoms with Crippen molar-refractivity contribution in [2.45, 2.75) is 57.1 Å². The summed E-state index contributed by atoms with van der Waals surface area (Å²) in [5.41, 5.74) is 0.487. The van der Waals surface area contributed by atoms with E-state index < -0.39 is 15.1 Å². The molecule has 5 aliphatic rings. The minimum Gasteiger partial charge on any atom is -0.338 e. The Morgan fingerprint density at radius 1 is 1.12 bits per heavy atom. The molecule has 5 fully saturated rings. The van der Waals surface area contributed by atoms with E-state index in [1.54, 1.807) is 11.8 Å². The van der Waals surface area contributed by atoms with E-state index >= 15 is 0 Å². The van der Waals surface area contributed by atoms with Crippen molar-refractivity contribution in [2.75, 3.05) is 25.4 Å².